The van der Waals surface area contributed by atoms with Gasteiger partial charge < -0.3 is 19.3 Å². The number of hydrogen-bond donors (Lipinski definition) is 1. The largest absolute Gasteiger partial charge is 0.497 e. The molecule has 168 valence electrons. The van der Waals surface area contributed by atoms with Gasteiger partial charge in [0.05, 0.1) is 27.4 Å². The van der Waals surface area contributed by atoms with Gasteiger partial charge in [0.15, 0.2) is 5.41 Å². The van der Waals surface area contributed by atoms with Crippen LogP contribution < -0.4 is 4.74 Å². The molecule has 0 saturated heterocycles. The molecule has 3 rings (SSSR count). The van der Waals surface area contributed by atoms with Gasteiger partial charge in [-0.25, -0.2) is 0 Å². The number of ether oxygens (including phenoxy) is 3. The number of carbonyl (C=O) groups excluding carboxylic acids is 2. The average Bonchev–Trinajstić information content (AvgIpc) is 2.82. The van der Waals surface area contributed by atoms with Crippen molar-refractivity contribution in [1.82, 2.24) is 0 Å². The molecule has 1 unspecified atom stereocenters. The molecule has 0 saturated carbocycles. The Bertz CT molecular complexity index is 1020. The van der Waals surface area contributed by atoms with Crippen LogP contribution >= 0.6 is 0 Å². The van der Waals surface area contributed by atoms with Crippen molar-refractivity contribution < 1.29 is 28.9 Å². The fraction of sp³-hybridized carbons (Fsp3) is 0.308. The molecule has 2 aromatic rings. The summed E-state index contributed by atoms with van der Waals surface area (Å²) in [6.45, 7) is 4.11. The van der Waals surface area contributed by atoms with Gasteiger partial charge in [-0.15, -0.1) is 0 Å². The lowest BCUT2D eigenvalue weighted by molar-refractivity contribution is -0.169. The van der Waals surface area contributed by atoms with Gasteiger partial charge in [0, 0.05) is 19.3 Å². The molecule has 0 aromatic heterocycles. The van der Waals surface area contributed by atoms with E-state index in [0.717, 1.165) is 22.3 Å². The molecule has 1 aliphatic rings. The van der Waals surface area contributed by atoms with Crippen LogP contribution in [-0.2, 0) is 25.5 Å². The van der Waals surface area contributed by atoms with E-state index in [1.54, 1.807) is 31.4 Å². The highest BCUT2D eigenvalue weighted by atomic mass is 16.5. The van der Waals surface area contributed by atoms with Crippen LogP contribution in [0.15, 0.2) is 66.8 Å². The van der Waals surface area contributed by atoms with Crippen LogP contribution in [0.1, 0.15) is 35.6 Å². The molecule has 1 aliphatic carbocycles. The molecule has 2 aromatic carbocycles. The van der Waals surface area contributed by atoms with Gasteiger partial charge in [0.25, 0.3) is 0 Å². The van der Waals surface area contributed by atoms with Crippen LogP contribution in [0.4, 0.5) is 0 Å². The summed E-state index contributed by atoms with van der Waals surface area (Å²) >= 11 is 0. The summed E-state index contributed by atoms with van der Waals surface area (Å²) < 4.78 is 15.1. The van der Waals surface area contributed by atoms with Crippen molar-refractivity contribution in [3.8, 4) is 5.75 Å². The second kappa shape index (κ2) is 9.83. The summed E-state index contributed by atoms with van der Waals surface area (Å²) in [6, 6.07) is 14.8. The normalized spacial score (nSPS) is 16.6. The number of carbonyl (C=O) groups is 2. The Hall–Kier alpha value is -3.38. The van der Waals surface area contributed by atoms with Crippen molar-refractivity contribution in [2.45, 2.75) is 25.4 Å². The maximum atomic E-state index is 12.7. The van der Waals surface area contributed by atoms with Gasteiger partial charge in [-0.05, 0) is 34.4 Å². The summed E-state index contributed by atoms with van der Waals surface area (Å²) in [5.74, 6) is -0.551. The SMILES string of the molecule is C=C(/C=C1\CC(C(=O)OC)(C(=O)OC)Cc2ccccc21)CC(O)c1ccc(OC)cc1. The molecule has 1 atom stereocenters. The number of hydrogen-bond acceptors (Lipinski definition) is 6. The first kappa shape index (κ1) is 23.3. The third-order valence-corrected chi connectivity index (χ3v) is 5.83. The Balaban J connectivity index is 1.92. The Morgan fingerprint density at radius 2 is 1.66 bits per heavy atom. The maximum absolute atomic E-state index is 12.7. The number of fused-ring (bicyclic) bond motifs is 1. The zero-order valence-electron chi connectivity index (χ0n) is 18.6. The lowest BCUT2D eigenvalue weighted by Crippen LogP contribution is -2.45. The Morgan fingerprint density at radius 3 is 2.25 bits per heavy atom. The van der Waals surface area contributed by atoms with Crippen LogP contribution in [-0.4, -0.2) is 38.4 Å². The minimum Gasteiger partial charge on any atom is -0.497 e. The van der Waals surface area contributed by atoms with Gasteiger partial charge in [0.1, 0.15) is 5.75 Å². The molecule has 1 N–H and O–H groups in total. The number of rotatable bonds is 7. The molecule has 6 heteroatoms. The summed E-state index contributed by atoms with van der Waals surface area (Å²) in [5, 5.41) is 10.7. The van der Waals surface area contributed by atoms with Crippen LogP contribution in [0.2, 0.25) is 0 Å². The zero-order chi connectivity index (χ0) is 23.3. The van der Waals surface area contributed by atoms with E-state index in [9.17, 15) is 14.7 Å². The standard InChI is InChI=1S/C26H28O6/c1-17(14-23(27)18-9-11-21(30-2)12-10-18)13-20-16-26(24(28)31-3,25(29)32-4)15-19-7-5-6-8-22(19)20/h5-13,23,27H,1,14-16H2,2-4H3/b20-13+. The zero-order valence-corrected chi connectivity index (χ0v) is 18.6. The molecule has 0 spiro atoms. The molecular formula is C26H28O6. The molecular weight excluding hydrogens is 408 g/mol. The number of methoxy groups -OCH3 is 3. The van der Waals surface area contributed by atoms with Crippen molar-refractivity contribution in [2.75, 3.05) is 21.3 Å². The first-order chi connectivity index (χ1) is 15.3. The maximum Gasteiger partial charge on any atom is 0.323 e. The van der Waals surface area contributed by atoms with E-state index in [2.05, 4.69) is 6.58 Å². The van der Waals surface area contributed by atoms with Crippen LogP contribution in [0.3, 0.4) is 0 Å². The summed E-state index contributed by atoms with van der Waals surface area (Å²) in [7, 11) is 4.12. The summed E-state index contributed by atoms with van der Waals surface area (Å²) in [4.78, 5) is 25.4. The fourth-order valence-electron chi connectivity index (χ4n) is 4.18. The predicted octanol–water partition coefficient (Wildman–Crippen LogP) is 4.04. The molecule has 6 nitrogen and oxygen atoms in total. The predicted molar refractivity (Wildman–Crippen MR) is 121 cm³/mol. The van der Waals surface area contributed by atoms with E-state index >= 15 is 0 Å². The van der Waals surface area contributed by atoms with E-state index in [1.807, 2.05) is 30.3 Å². The average molecular weight is 437 g/mol. The highest BCUT2D eigenvalue weighted by Crippen LogP contribution is 2.44. The van der Waals surface area contributed by atoms with E-state index in [-0.39, 0.29) is 12.8 Å². The number of esters is 2. The molecule has 0 aliphatic heterocycles. The van der Waals surface area contributed by atoms with Crippen molar-refractivity contribution in [2.24, 2.45) is 5.41 Å². The highest BCUT2D eigenvalue weighted by Gasteiger charge is 2.51. The Morgan fingerprint density at radius 1 is 1.03 bits per heavy atom. The third kappa shape index (κ3) is 4.60. The first-order valence-corrected chi connectivity index (χ1v) is 10.3. The van der Waals surface area contributed by atoms with Gasteiger partial charge in [-0.2, -0.15) is 0 Å². The van der Waals surface area contributed by atoms with Gasteiger partial charge in [-0.1, -0.05) is 54.6 Å². The van der Waals surface area contributed by atoms with Gasteiger partial charge in [-0.3, -0.25) is 9.59 Å². The molecule has 0 bridgehead atoms. The van der Waals surface area contributed by atoms with Crippen molar-refractivity contribution in [3.05, 3.63) is 83.4 Å². The lowest BCUT2D eigenvalue weighted by atomic mass is 9.69. The van der Waals surface area contributed by atoms with Crippen LogP contribution in [0, 0.1) is 5.41 Å². The highest BCUT2D eigenvalue weighted by molar-refractivity contribution is 6.03. The topological polar surface area (TPSA) is 82.1 Å². The van der Waals surface area contributed by atoms with E-state index in [0.29, 0.717) is 17.7 Å². The van der Waals surface area contributed by atoms with Crippen molar-refractivity contribution in [1.29, 1.82) is 0 Å². The number of benzene rings is 2. The van der Waals surface area contributed by atoms with E-state index in [4.69, 9.17) is 14.2 Å². The van der Waals surface area contributed by atoms with E-state index < -0.39 is 23.5 Å². The molecule has 32 heavy (non-hydrogen) atoms. The summed E-state index contributed by atoms with van der Waals surface area (Å²) in [6.07, 6.45) is 1.70. The van der Waals surface area contributed by atoms with Crippen LogP contribution in [0.5, 0.6) is 5.75 Å². The molecule has 0 radical (unpaired) electrons. The van der Waals surface area contributed by atoms with Crippen molar-refractivity contribution in [3.63, 3.8) is 0 Å². The summed E-state index contributed by atoms with van der Waals surface area (Å²) in [5.41, 5.74) is 2.52. The Kier molecular flexibility index (Phi) is 7.15. The van der Waals surface area contributed by atoms with E-state index in [1.165, 1.54) is 14.2 Å². The second-order valence-electron chi connectivity index (χ2n) is 7.90. The monoisotopic (exact) mass is 436 g/mol. The fourth-order valence-corrected chi connectivity index (χ4v) is 4.18. The quantitative estimate of drug-likeness (QED) is 0.521. The second-order valence-corrected chi connectivity index (χ2v) is 7.90. The number of allylic oxidation sites excluding steroid dienone is 2. The lowest BCUT2D eigenvalue weighted by Gasteiger charge is -2.34. The smallest absolute Gasteiger partial charge is 0.323 e. The molecule has 0 fully saturated rings. The van der Waals surface area contributed by atoms with Gasteiger partial charge in [0.2, 0.25) is 0 Å². The minimum absolute atomic E-state index is 0.126. The minimum atomic E-state index is -1.46. The van der Waals surface area contributed by atoms with Crippen molar-refractivity contribution >= 4 is 17.5 Å². The Labute approximate surface area is 188 Å². The molecule has 0 amide bonds. The first-order valence-electron chi connectivity index (χ1n) is 10.3. The number of aliphatic hydroxyl groups is 1. The number of aliphatic hydroxyl groups excluding tert-OH is 1. The third-order valence-electron chi connectivity index (χ3n) is 5.83. The molecule has 0 heterocycles. The van der Waals surface area contributed by atoms with Crippen LogP contribution in [0.25, 0.3) is 5.57 Å². The van der Waals surface area contributed by atoms with Gasteiger partial charge >= 0.3 is 11.9 Å².